The number of fused-ring (bicyclic) bond motifs is 1. The molecule has 0 unspecified atom stereocenters. The lowest BCUT2D eigenvalue weighted by atomic mass is 10.0. The van der Waals surface area contributed by atoms with Gasteiger partial charge in [0.25, 0.3) is 0 Å². The molecule has 1 aromatic heterocycles. The first-order chi connectivity index (χ1) is 16.2. The van der Waals surface area contributed by atoms with Crippen molar-refractivity contribution in [3.63, 3.8) is 0 Å². The molecular weight excluding hydrogens is 430 g/mol. The van der Waals surface area contributed by atoms with E-state index in [9.17, 15) is 4.79 Å². The zero-order chi connectivity index (χ0) is 22.8. The minimum absolute atomic E-state index is 0.303. The van der Waals surface area contributed by atoms with Crippen LogP contribution in [-0.2, 0) is 11.3 Å². The molecule has 0 amide bonds. The van der Waals surface area contributed by atoms with E-state index in [1.165, 1.54) is 17.7 Å². The highest BCUT2D eigenvalue weighted by atomic mass is 32.2. The van der Waals surface area contributed by atoms with Gasteiger partial charge in [0, 0.05) is 33.2 Å². The van der Waals surface area contributed by atoms with E-state index in [1.807, 2.05) is 49.0 Å². The molecule has 1 aliphatic carbocycles. The normalized spacial score (nSPS) is 13.3. The van der Waals surface area contributed by atoms with Crippen molar-refractivity contribution in [3.05, 3.63) is 84.1 Å². The minimum Gasteiger partial charge on any atom is -0.497 e. The number of para-hydroxylation sites is 1. The van der Waals surface area contributed by atoms with Gasteiger partial charge in [0.05, 0.1) is 13.7 Å². The largest absolute Gasteiger partial charge is 0.497 e. The lowest BCUT2D eigenvalue weighted by molar-refractivity contribution is 0.0516. The quantitative estimate of drug-likeness (QED) is 0.273. The fourth-order valence-electron chi connectivity index (χ4n) is 4.20. The lowest BCUT2D eigenvalue weighted by Gasteiger charge is -2.13. The van der Waals surface area contributed by atoms with E-state index < -0.39 is 0 Å². The second-order valence-corrected chi connectivity index (χ2v) is 9.61. The van der Waals surface area contributed by atoms with E-state index in [2.05, 4.69) is 47.0 Å². The summed E-state index contributed by atoms with van der Waals surface area (Å²) in [4.78, 5) is 14.6. The number of benzene rings is 3. The number of methoxy groups -OCH3 is 1. The maximum absolute atomic E-state index is 13.3. The molecule has 1 heterocycles. The van der Waals surface area contributed by atoms with E-state index in [1.54, 1.807) is 7.11 Å². The summed E-state index contributed by atoms with van der Waals surface area (Å²) in [7, 11) is 1.66. The molecule has 33 heavy (non-hydrogen) atoms. The molecule has 168 valence electrons. The molecule has 0 radical (unpaired) electrons. The summed E-state index contributed by atoms with van der Waals surface area (Å²) < 4.78 is 13.0. The van der Waals surface area contributed by atoms with Crippen molar-refractivity contribution in [2.45, 2.75) is 36.5 Å². The number of hydrogen-bond acceptors (Lipinski definition) is 4. The third-order valence-electron chi connectivity index (χ3n) is 5.88. The summed E-state index contributed by atoms with van der Waals surface area (Å²) in [5.41, 5.74) is 4.61. The third-order valence-corrected chi connectivity index (χ3v) is 7.23. The van der Waals surface area contributed by atoms with Crippen LogP contribution in [0.4, 0.5) is 0 Å². The van der Waals surface area contributed by atoms with Crippen LogP contribution in [0.3, 0.4) is 0 Å². The number of hydrogen-bond donors (Lipinski definition) is 0. The topological polar surface area (TPSA) is 40.5 Å². The Morgan fingerprint density at radius 1 is 1.03 bits per heavy atom. The number of carbonyl (C=O) groups is 1. The zero-order valence-electron chi connectivity index (χ0n) is 18.9. The van der Waals surface area contributed by atoms with Crippen molar-refractivity contribution < 1.29 is 14.3 Å². The molecule has 4 aromatic rings. The number of aromatic nitrogens is 1. The number of esters is 1. The van der Waals surface area contributed by atoms with E-state index in [-0.39, 0.29) is 5.97 Å². The van der Waals surface area contributed by atoms with Crippen LogP contribution in [0.2, 0.25) is 0 Å². The highest BCUT2D eigenvalue weighted by Gasteiger charge is 2.26. The fourth-order valence-corrected chi connectivity index (χ4v) is 5.25. The van der Waals surface area contributed by atoms with Crippen LogP contribution in [0.25, 0.3) is 22.0 Å². The molecule has 3 aromatic carbocycles. The molecule has 5 rings (SSSR count). The zero-order valence-corrected chi connectivity index (χ0v) is 19.7. The molecule has 4 nitrogen and oxygen atoms in total. The van der Waals surface area contributed by atoms with Gasteiger partial charge in [-0.25, -0.2) is 4.79 Å². The molecule has 0 spiro atoms. The van der Waals surface area contributed by atoms with E-state index >= 15 is 0 Å². The van der Waals surface area contributed by atoms with Crippen molar-refractivity contribution in [1.82, 2.24) is 4.57 Å². The van der Waals surface area contributed by atoms with Crippen molar-refractivity contribution >= 4 is 28.6 Å². The molecule has 0 atom stereocenters. The molecule has 1 aliphatic rings. The molecule has 0 N–H and O–H groups in total. The highest BCUT2D eigenvalue weighted by molar-refractivity contribution is 8.00. The Kier molecular flexibility index (Phi) is 6.14. The molecule has 0 bridgehead atoms. The van der Waals surface area contributed by atoms with E-state index in [4.69, 9.17) is 9.47 Å². The van der Waals surface area contributed by atoms with Crippen LogP contribution in [-0.4, -0.2) is 29.5 Å². The van der Waals surface area contributed by atoms with Gasteiger partial charge in [-0.3, -0.25) is 0 Å². The SMILES string of the molecule is CCOC(=O)c1c(-c2ccc(SC3CC3)cc2)c2ccccc2n1Cc1cccc(OC)c1. The summed E-state index contributed by atoms with van der Waals surface area (Å²) in [6.07, 6.45) is 2.61. The number of thioether (sulfide) groups is 1. The summed E-state index contributed by atoms with van der Waals surface area (Å²) in [5, 5.41) is 1.81. The predicted octanol–water partition coefficient (Wildman–Crippen LogP) is 6.80. The summed E-state index contributed by atoms with van der Waals surface area (Å²) in [5.74, 6) is 0.494. The van der Waals surface area contributed by atoms with E-state index in [0.717, 1.165) is 38.6 Å². The fraction of sp³-hybridized carbons (Fsp3) is 0.250. The Hall–Kier alpha value is -3.18. The minimum atomic E-state index is -0.303. The van der Waals surface area contributed by atoms with Crippen LogP contribution >= 0.6 is 11.8 Å². The summed E-state index contributed by atoms with van der Waals surface area (Å²) in [6.45, 7) is 2.72. The van der Waals surface area contributed by atoms with Gasteiger partial charge in [-0.05, 0) is 61.2 Å². The first-order valence-corrected chi connectivity index (χ1v) is 12.2. The Labute approximate surface area is 198 Å². The molecular formula is C28H27NO3S. The summed E-state index contributed by atoms with van der Waals surface area (Å²) >= 11 is 1.94. The van der Waals surface area contributed by atoms with E-state index in [0.29, 0.717) is 18.8 Å². The summed E-state index contributed by atoms with van der Waals surface area (Å²) in [6, 6.07) is 24.7. The van der Waals surface area contributed by atoms with Crippen LogP contribution < -0.4 is 4.74 Å². The van der Waals surface area contributed by atoms with Gasteiger partial charge in [-0.15, -0.1) is 11.8 Å². The third kappa shape index (κ3) is 4.51. The van der Waals surface area contributed by atoms with Crippen molar-refractivity contribution in [2.24, 2.45) is 0 Å². The Bertz CT molecular complexity index is 1290. The first kappa shape index (κ1) is 21.7. The number of carbonyl (C=O) groups excluding carboxylic acids is 1. The van der Waals surface area contributed by atoms with Crippen LogP contribution in [0.5, 0.6) is 5.75 Å². The second kappa shape index (κ2) is 9.36. The van der Waals surface area contributed by atoms with Crippen molar-refractivity contribution in [3.8, 4) is 16.9 Å². The smallest absolute Gasteiger partial charge is 0.355 e. The van der Waals surface area contributed by atoms with Gasteiger partial charge in [-0.2, -0.15) is 0 Å². The number of rotatable bonds is 8. The van der Waals surface area contributed by atoms with Crippen LogP contribution in [0, 0.1) is 0 Å². The average molecular weight is 458 g/mol. The van der Waals surface area contributed by atoms with Crippen molar-refractivity contribution in [2.75, 3.05) is 13.7 Å². The second-order valence-electron chi connectivity index (χ2n) is 8.24. The Morgan fingerprint density at radius 3 is 2.55 bits per heavy atom. The van der Waals surface area contributed by atoms with Gasteiger partial charge < -0.3 is 14.0 Å². The van der Waals surface area contributed by atoms with Gasteiger partial charge >= 0.3 is 5.97 Å². The predicted molar refractivity (Wildman–Crippen MR) is 134 cm³/mol. The first-order valence-electron chi connectivity index (χ1n) is 11.4. The van der Waals surface area contributed by atoms with Crippen LogP contribution in [0.1, 0.15) is 35.8 Å². The van der Waals surface area contributed by atoms with Crippen molar-refractivity contribution in [1.29, 1.82) is 0 Å². The number of nitrogens with zero attached hydrogens (tertiary/aromatic N) is 1. The Balaban J connectivity index is 1.66. The maximum Gasteiger partial charge on any atom is 0.355 e. The molecule has 0 aliphatic heterocycles. The van der Waals surface area contributed by atoms with Gasteiger partial charge in [0.1, 0.15) is 11.4 Å². The molecule has 0 saturated heterocycles. The standard InChI is InChI=1S/C28H27NO3S/c1-3-32-28(30)27-26(20-11-13-22(14-12-20)33-23-15-16-23)24-9-4-5-10-25(24)29(27)18-19-7-6-8-21(17-19)31-2/h4-14,17,23H,3,15-16,18H2,1-2H3. The number of ether oxygens (including phenoxy) is 2. The van der Waals surface area contributed by atoms with Crippen LogP contribution in [0.15, 0.2) is 77.7 Å². The monoisotopic (exact) mass is 457 g/mol. The molecule has 1 saturated carbocycles. The van der Waals surface area contributed by atoms with Gasteiger partial charge in [0.2, 0.25) is 0 Å². The lowest BCUT2D eigenvalue weighted by Crippen LogP contribution is -2.14. The van der Waals surface area contributed by atoms with Gasteiger partial charge in [0.15, 0.2) is 0 Å². The van der Waals surface area contributed by atoms with Gasteiger partial charge in [-0.1, -0.05) is 42.5 Å². The molecule has 5 heteroatoms. The highest BCUT2D eigenvalue weighted by Crippen LogP contribution is 2.41. The molecule has 1 fully saturated rings. The average Bonchev–Trinajstić information content (AvgIpc) is 3.60. The Morgan fingerprint density at radius 2 is 1.82 bits per heavy atom. The maximum atomic E-state index is 13.3.